The summed E-state index contributed by atoms with van der Waals surface area (Å²) in [6.45, 7) is 12.7. The highest BCUT2D eigenvalue weighted by Gasteiger charge is 2.44. The predicted molar refractivity (Wildman–Crippen MR) is 104 cm³/mol. The second-order valence-corrected chi connectivity index (χ2v) is 8.65. The summed E-state index contributed by atoms with van der Waals surface area (Å²) in [6, 6.07) is 0. The van der Waals surface area contributed by atoms with E-state index >= 15 is 0 Å². The van der Waals surface area contributed by atoms with Crippen LogP contribution in [0.25, 0.3) is 11.3 Å². The average molecular weight is 354 g/mol. The van der Waals surface area contributed by atoms with Gasteiger partial charge in [0.2, 0.25) is 0 Å². The van der Waals surface area contributed by atoms with Crippen LogP contribution in [0.15, 0.2) is 4.52 Å². The molecule has 140 valence electrons. The van der Waals surface area contributed by atoms with Crippen molar-refractivity contribution in [3.63, 3.8) is 0 Å². The van der Waals surface area contributed by atoms with Crippen molar-refractivity contribution in [2.75, 3.05) is 18.0 Å². The molecular weight excluding hydrogens is 324 g/mol. The Morgan fingerprint density at radius 2 is 1.69 bits per heavy atom. The zero-order valence-corrected chi connectivity index (χ0v) is 16.7. The summed E-state index contributed by atoms with van der Waals surface area (Å²) < 4.78 is 5.41. The average Bonchev–Trinajstić information content (AvgIpc) is 2.92. The molecular formula is C21H30N4O. The predicted octanol–water partition coefficient (Wildman–Crippen LogP) is 4.95. The molecule has 5 nitrogen and oxygen atoms in total. The Labute approximate surface area is 156 Å². The van der Waals surface area contributed by atoms with Gasteiger partial charge in [0, 0.05) is 30.0 Å². The maximum Gasteiger partial charge on any atom is 0.143 e. The first kappa shape index (κ1) is 17.5. The molecule has 5 heteroatoms. The van der Waals surface area contributed by atoms with E-state index in [1.54, 1.807) is 0 Å². The van der Waals surface area contributed by atoms with Gasteiger partial charge in [-0.2, -0.15) is 0 Å². The Bertz CT molecular complexity index is 790. The molecule has 1 saturated heterocycles. The van der Waals surface area contributed by atoms with Crippen LogP contribution in [-0.4, -0.2) is 28.2 Å². The highest BCUT2D eigenvalue weighted by atomic mass is 16.5. The number of nitrogens with zero attached hydrogens (tertiary/aromatic N) is 4. The third kappa shape index (κ3) is 2.81. The minimum atomic E-state index is 0.290. The highest BCUT2D eigenvalue weighted by molar-refractivity contribution is 5.72. The van der Waals surface area contributed by atoms with Crippen molar-refractivity contribution >= 4 is 5.82 Å². The van der Waals surface area contributed by atoms with E-state index in [1.165, 1.54) is 32.1 Å². The lowest BCUT2D eigenvalue weighted by molar-refractivity contribution is 0.138. The van der Waals surface area contributed by atoms with E-state index in [0.717, 1.165) is 53.0 Å². The van der Waals surface area contributed by atoms with E-state index in [-0.39, 0.29) is 0 Å². The normalized spacial score (nSPS) is 19.2. The molecule has 1 aliphatic heterocycles. The lowest BCUT2D eigenvalue weighted by Crippen LogP contribution is -2.57. The van der Waals surface area contributed by atoms with Crippen LogP contribution in [0.1, 0.15) is 74.7 Å². The molecule has 3 heterocycles. The van der Waals surface area contributed by atoms with Crippen molar-refractivity contribution in [1.82, 2.24) is 15.1 Å². The zero-order chi connectivity index (χ0) is 18.5. The zero-order valence-electron chi connectivity index (χ0n) is 16.7. The second-order valence-electron chi connectivity index (χ2n) is 8.65. The van der Waals surface area contributed by atoms with E-state index in [2.05, 4.69) is 30.8 Å². The largest absolute Gasteiger partial charge is 0.361 e. The van der Waals surface area contributed by atoms with Gasteiger partial charge in [0.25, 0.3) is 0 Å². The van der Waals surface area contributed by atoms with Crippen LogP contribution in [-0.2, 0) is 0 Å². The molecule has 0 radical (unpaired) electrons. The molecule has 0 N–H and O–H groups in total. The third-order valence-electron chi connectivity index (χ3n) is 6.19. The Kier molecular flexibility index (Phi) is 4.28. The molecule has 0 aromatic carbocycles. The second kappa shape index (κ2) is 6.36. The Morgan fingerprint density at radius 3 is 2.27 bits per heavy atom. The van der Waals surface area contributed by atoms with Crippen molar-refractivity contribution in [1.29, 1.82) is 0 Å². The summed E-state index contributed by atoms with van der Waals surface area (Å²) in [6.07, 6.45) is 6.93. The highest BCUT2D eigenvalue weighted by Crippen LogP contribution is 2.46. The number of rotatable bonds is 3. The van der Waals surface area contributed by atoms with Crippen molar-refractivity contribution < 1.29 is 4.52 Å². The summed E-state index contributed by atoms with van der Waals surface area (Å²) in [4.78, 5) is 12.3. The maximum absolute atomic E-state index is 5.41. The van der Waals surface area contributed by atoms with E-state index in [1.807, 2.05) is 13.8 Å². The molecule has 1 aliphatic carbocycles. The Morgan fingerprint density at radius 1 is 1.00 bits per heavy atom. The third-order valence-corrected chi connectivity index (χ3v) is 6.19. The number of aryl methyl sites for hydroxylation is 2. The van der Waals surface area contributed by atoms with Crippen LogP contribution in [0.5, 0.6) is 0 Å². The van der Waals surface area contributed by atoms with Crippen LogP contribution >= 0.6 is 0 Å². The quantitative estimate of drug-likeness (QED) is 0.780. The number of aromatic nitrogens is 3. The molecule has 2 fully saturated rings. The van der Waals surface area contributed by atoms with Gasteiger partial charge >= 0.3 is 0 Å². The number of hydrogen-bond acceptors (Lipinski definition) is 5. The molecule has 0 amide bonds. The molecule has 0 unspecified atom stereocenters. The molecule has 2 aliphatic rings. The van der Waals surface area contributed by atoms with Gasteiger partial charge < -0.3 is 9.42 Å². The van der Waals surface area contributed by atoms with E-state index in [0.29, 0.717) is 11.3 Å². The van der Waals surface area contributed by atoms with Crippen LogP contribution in [0.4, 0.5) is 5.82 Å². The number of hydrogen-bond donors (Lipinski definition) is 0. The SMILES string of the molecule is Cc1noc(C)c1-c1nc(C(C)C)nc(N2CC3(CCCCC3)C2)c1C. The van der Waals surface area contributed by atoms with Gasteiger partial charge in [0.05, 0.1) is 17.0 Å². The van der Waals surface area contributed by atoms with Crippen LogP contribution in [0.3, 0.4) is 0 Å². The molecule has 0 bridgehead atoms. The van der Waals surface area contributed by atoms with Gasteiger partial charge in [-0.15, -0.1) is 0 Å². The van der Waals surface area contributed by atoms with E-state index in [9.17, 15) is 0 Å². The first-order valence-electron chi connectivity index (χ1n) is 9.97. The molecule has 1 spiro atoms. The maximum atomic E-state index is 5.41. The van der Waals surface area contributed by atoms with Crippen LogP contribution in [0, 0.1) is 26.2 Å². The minimum Gasteiger partial charge on any atom is -0.361 e. The van der Waals surface area contributed by atoms with Crippen molar-refractivity contribution in [2.24, 2.45) is 5.41 Å². The molecule has 26 heavy (non-hydrogen) atoms. The van der Waals surface area contributed by atoms with Gasteiger partial charge in [0.1, 0.15) is 17.4 Å². The van der Waals surface area contributed by atoms with Gasteiger partial charge in [-0.05, 0) is 33.6 Å². The van der Waals surface area contributed by atoms with Crippen molar-refractivity contribution in [3.05, 3.63) is 22.8 Å². The summed E-state index contributed by atoms with van der Waals surface area (Å²) in [5.74, 6) is 3.14. The first-order valence-corrected chi connectivity index (χ1v) is 9.97. The molecule has 2 aromatic rings. The summed E-state index contributed by atoms with van der Waals surface area (Å²) >= 11 is 0. The van der Waals surface area contributed by atoms with E-state index < -0.39 is 0 Å². The first-order chi connectivity index (χ1) is 12.4. The van der Waals surface area contributed by atoms with Gasteiger partial charge in [-0.25, -0.2) is 9.97 Å². The Balaban J connectivity index is 1.73. The fourth-order valence-electron chi connectivity index (χ4n) is 4.68. The fraction of sp³-hybridized carbons (Fsp3) is 0.667. The molecule has 4 rings (SSSR count). The standard InChI is InChI=1S/C21H30N4O/c1-13(2)19-22-18(17-15(4)24-26-16(17)5)14(3)20(23-19)25-11-21(12-25)9-7-6-8-10-21/h13H,6-12H2,1-5H3. The smallest absolute Gasteiger partial charge is 0.143 e. The minimum absolute atomic E-state index is 0.290. The van der Waals surface area contributed by atoms with Crippen LogP contribution in [0.2, 0.25) is 0 Å². The molecule has 1 saturated carbocycles. The summed E-state index contributed by atoms with van der Waals surface area (Å²) in [5.41, 5.74) is 4.60. The summed E-state index contributed by atoms with van der Waals surface area (Å²) in [7, 11) is 0. The molecule has 0 atom stereocenters. The van der Waals surface area contributed by atoms with Crippen molar-refractivity contribution in [3.8, 4) is 11.3 Å². The van der Waals surface area contributed by atoms with E-state index in [4.69, 9.17) is 14.5 Å². The topological polar surface area (TPSA) is 55.1 Å². The fourth-order valence-corrected chi connectivity index (χ4v) is 4.68. The lowest BCUT2D eigenvalue weighted by atomic mass is 9.68. The van der Waals surface area contributed by atoms with Gasteiger partial charge in [-0.1, -0.05) is 38.3 Å². The summed E-state index contributed by atoms with van der Waals surface area (Å²) in [5, 5.41) is 4.14. The van der Waals surface area contributed by atoms with Gasteiger partial charge in [-0.3, -0.25) is 0 Å². The van der Waals surface area contributed by atoms with Crippen molar-refractivity contribution in [2.45, 2.75) is 72.6 Å². The van der Waals surface area contributed by atoms with Gasteiger partial charge in [0.15, 0.2) is 0 Å². The Hall–Kier alpha value is -1.91. The van der Waals surface area contributed by atoms with Crippen LogP contribution < -0.4 is 4.90 Å². The lowest BCUT2D eigenvalue weighted by Gasteiger charge is -2.53. The molecule has 2 aromatic heterocycles. The monoisotopic (exact) mass is 354 g/mol. The number of anilines is 1.